The molecule has 0 bridgehead atoms. The number of hydrogen-bond donors (Lipinski definition) is 0. The highest BCUT2D eigenvalue weighted by Crippen LogP contribution is 2.31. The van der Waals surface area contributed by atoms with Gasteiger partial charge in [0.2, 0.25) is 0 Å². The molecule has 1 atom stereocenters. The van der Waals surface area contributed by atoms with Gasteiger partial charge in [-0.25, -0.2) is 4.68 Å². The molecule has 1 aliphatic heterocycles. The average Bonchev–Trinajstić information content (AvgIpc) is 3.65. The molecule has 5 rings (SSSR count). The zero-order valence-corrected chi connectivity index (χ0v) is 20.1. The smallest absolute Gasteiger partial charge is 0.254 e. The van der Waals surface area contributed by atoms with E-state index in [1.54, 1.807) is 0 Å². The van der Waals surface area contributed by atoms with Crippen LogP contribution in [0.25, 0.3) is 5.69 Å². The van der Waals surface area contributed by atoms with Gasteiger partial charge >= 0.3 is 0 Å². The van der Waals surface area contributed by atoms with Crippen molar-refractivity contribution in [1.82, 2.24) is 14.7 Å². The lowest BCUT2D eigenvalue weighted by Gasteiger charge is -2.24. The molecule has 0 unspecified atom stereocenters. The summed E-state index contributed by atoms with van der Waals surface area (Å²) in [5.74, 6) is 0.897. The standard InChI is InChI=1S/C28H33N3O3/c1-20-15-21(2)31(29-20)25-9-6-8-23(17-25)28(32)30(24-12-13-24)18-22-7-5-11-26(16-22)34-19-27-10-3-4-14-33-27/h5-9,11,15-17,24,27H,3-4,10,12-14,18-19H2,1-2H3/t27-/m0/s1. The van der Waals surface area contributed by atoms with Gasteiger partial charge in [0.1, 0.15) is 12.4 Å². The number of benzene rings is 2. The van der Waals surface area contributed by atoms with Gasteiger partial charge in [0.25, 0.3) is 5.91 Å². The molecule has 2 aliphatic rings. The van der Waals surface area contributed by atoms with E-state index < -0.39 is 0 Å². The third-order valence-electron chi connectivity index (χ3n) is 6.56. The molecule has 178 valence electrons. The van der Waals surface area contributed by atoms with Gasteiger partial charge < -0.3 is 14.4 Å². The summed E-state index contributed by atoms with van der Waals surface area (Å²) in [5, 5.41) is 4.57. The van der Waals surface area contributed by atoms with Crippen molar-refractivity contribution in [2.24, 2.45) is 0 Å². The average molecular weight is 460 g/mol. The molecule has 3 aromatic rings. The molecule has 2 heterocycles. The summed E-state index contributed by atoms with van der Waals surface area (Å²) in [6.07, 6.45) is 5.68. The van der Waals surface area contributed by atoms with E-state index in [1.807, 2.05) is 65.9 Å². The lowest BCUT2D eigenvalue weighted by Crippen LogP contribution is -2.32. The number of aromatic nitrogens is 2. The zero-order chi connectivity index (χ0) is 23.5. The Hall–Kier alpha value is -3.12. The zero-order valence-electron chi connectivity index (χ0n) is 20.1. The van der Waals surface area contributed by atoms with Crippen LogP contribution in [0.1, 0.15) is 59.4 Å². The van der Waals surface area contributed by atoms with Crippen LogP contribution in [-0.2, 0) is 11.3 Å². The number of nitrogens with zero attached hydrogens (tertiary/aromatic N) is 3. The number of amides is 1. The molecule has 1 aliphatic carbocycles. The van der Waals surface area contributed by atoms with Gasteiger partial charge in [-0.05, 0) is 87.9 Å². The van der Waals surface area contributed by atoms with Gasteiger partial charge in [-0.2, -0.15) is 5.10 Å². The Labute approximate surface area is 201 Å². The number of aryl methyl sites for hydroxylation is 2. The number of carbonyl (C=O) groups excluding carboxylic acids is 1. The van der Waals surface area contributed by atoms with Crippen LogP contribution in [0.4, 0.5) is 0 Å². The van der Waals surface area contributed by atoms with Crippen LogP contribution in [0.5, 0.6) is 5.75 Å². The molecule has 2 aromatic carbocycles. The second-order valence-corrected chi connectivity index (χ2v) is 9.50. The summed E-state index contributed by atoms with van der Waals surface area (Å²) in [4.78, 5) is 15.6. The van der Waals surface area contributed by atoms with Crippen molar-refractivity contribution in [2.75, 3.05) is 13.2 Å². The van der Waals surface area contributed by atoms with E-state index >= 15 is 0 Å². The number of ether oxygens (including phenoxy) is 2. The maximum Gasteiger partial charge on any atom is 0.254 e. The van der Waals surface area contributed by atoms with Crippen molar-refractivity contribution >= 4 is 5.91 Å². The Kier molecular flexibility index (Phi) is 6.68. The third-order valence-corrected chi connectivity index (χ3v) is 6.56. The first-order valence-corrected chi connectivity index (χ1v) is 12.3. The van der Waals surface area contributed by atoms with Crippen LogP contribution in [-0.4, -0.2) is 45.9 Å². The minimum absolute atomic E-state index is 0.0628. The Morgan fingerprint density at radius 2 is 1.94 bits per heavy atom. The first kappa shape index (κ1) is 22.7. The first-order chi connectivity index (χ1) is 16.6. The summed E-state index contributed by atoms with van der Waals surface area (Å²) in [6, 6.07) is 18.2. The van der Waals surface area contributed by atoms with Crippen LogP contribution >= 0.6 is 0 Å². The van der Waals surface area contributed by atoms with Crippen molar-refractivity contribution in [3.05, 3.63) is 77.1 Å². The Morgan fingerprint density at radius 1 is 1.09 bits per heavy atom. The second kappa shape index (κ2) is 10.0. The topological polar surface area (TPSA) is 56.6 Å². The maximum absolute atomic E-state index is 13.6. The van der Waals surface area contributed by atoms with Gasteiger partial charge in [-0.15, -0.1) is 0 Å². The minimum atomic E-state index is 0.0628. The molecule has 1 amide bonds. The fourth-order valence-corrected chi connectivity index (χ4v) is 4.64. The summed E-state index contributed by atoms with van der Waals surface area (Å²) in [7, 11) is 0. The minimum Gasteiger partial charge on any atom is -0.491 e. The highest BCUT2D eigenvalue weighted by atomic mass is 16.5. The highest BCUT2D eigenvalue weighted by molar-refractivity contribution is 5.95. The quantitative estimate of drug-likeness (QED) is 0.462. The molecule has 1 aromatic heterocycles. The van der Waals surface area contributed by atoms with Crippen LogP contribution in [0, 0.1) is 13.8 Å². The van der Waals surface area contributed by atoms with E-state index in [4.69, 9.17) is 9.47 Å². The molecule has 0 spiro atoms. The highest BCUT2D eigenvalue weighted by Gasteiger charge is 2.33. The van der Waals surface area contributed by atoms with Gasteiger partial charge in [0.15, 0.2) is 0 Å². The largest absolute Gasteiger partial charge is 0.491 e. The monoisotopic (exact) mass is 459 g/mol. The fraction of sp³-hybridized carbons (Fsp3) is 0.429. The van der Waals surface area contributed by atoms with Crippen molar-refractivity contribution in [3.8, 4) is 11.4 Å². The SMILES string of the molecule is Cc1cc(C)n(-c2cccc(C(=O)N(Cc3cccc(OC[C@@H]4CCCCO4)c3)C3CC3)c2)n1. The van der Waals surface area contributed by atoms with Gasteiger partial charge in [-0.3, -0.25) is 4.79 Å². The van der Waals surface area contributed by atoms with Gasteiger partial charge in [0, 0.05) is 30.5 Å². The van der Waals surface area contributed by atoms with Crippen LogP contribution in [0.2, 0.25) is 0 Å². The summed E-state index contributed by atoms with van der Waals surface area (Å²) >= 11 is 0. The molecule has 34 heavy (non-hydrogen) atoms. The predicted octanol–water partition coefficient (Wildman–Crippen LogP) is 5.24. The summed E-state index contributed by atoms with van der Waals surface area (Å²) in [5.41, 5.74) is 4.70. The molecule has 1 saturated heterocycles. The van der Waals surface area contributed by atoms with Crippen molar-refractivity contribution < 1.29 is 14.3 Å². The van der Waals surface area contributed by atoms with Crippen molar-refractivity contribution in [2.45, 2.75) is 64.6 Å². The van der Waals surface area contributed by atoms with Crippen molar-refractivity contribution in [1.29, 1.82) is 0 Å². The van der Waals surface area contributed by atoms with E-state index in [0.717, 1.165) is 60.7 Å². The summed E-state index contributed by atoms with van der Waals surface area (Å²) in [6.45, 7) is 5.99. The number of carbonyl (C=O) groups is 1. The van der Waals surface area contributed by atoms with Gasteiger partial charge in [0.05, 0.1) is 17.5 Å². The Bertz CT molecular complexity index is 1150. The van der Waals surface area contributed by atoms with E-state index in [9.17, 15) is 4.79 Å². The molecule has 6 nitrogen and oxygen atoms in total. The molecular weight excluding hydrogens is 426 g/mol. The third kappa shape index (κ3) is 5.33. The van der Waals surface area contributed by atoms with Gasteiger partial charge in [-0.1, -0.05) is 18.2 Å². The van der Waals surface area contributed by atoms with E-state index in [1.165, 1.54) is 6.42 Å². The number of hydrogen-bond acceptors (Lipinski definition) is 4. The van der Waals surface area contributed by atoms with Crippen molar-refractivity contribution in [3.63, 3.8) is 0 Å². The van der Waals surface area contributed by atoms with Crippen LogP contribution < -0.4 is 4.74 Å². The summed E-state index contributed by atoms with van der Waals surface area (Å²) < 4.78 is 13.7. The lowest BCUT2D eigenvalue weighted by atomic mass is 10.1. The Balaban J connectivity index is 1.30. The molecule has 2 fully saturated rings. The molecule has 6 heteroatoms. The Morgan fingerprint density at radius 3 is 2.68 bits per heavy atom. The molecule has 0 N–H and O–H groups in total. The molecular formula is C28H33N3O3. The second-order valence-electron chi connectivity index (χ2n) is 9.50. The normalized spacial score (nSPS) is 18.0. The van der Waals surface area contributed by atoms with E-state index in [2.05, 4.69) is 17.2 Å². The van der Waals surface area contributed by atoms with E-state index in [-0.39, 0.29) is 12.0 Å². The first-order valence-electron chi connectivity index (χ1n) is 12.3. The molecule has 0 radical (unpaired) electrons. The fourth-order valence-electron chi connectivity index (χ4n) is 4.64. The van der Waals surface area contributed by atoms with Crippen LogP contribution in [0.15, 0.2) is 54.6 Å². The van der Waals surface area contributed by atoms with E-state index in [0.29, 0.717) is 24.8 Å². The molecule has 1 saturated carbocycles. The number of rotatable bonds is 8. The lowest BCUT2D eigenvalue weighted by molar-refractivity contribution is -0.0110. The maximum atomic E-state index is 13.6. The van der Waals surface area contributed by atoms with Crippen LogP contribution in [0.3, 0.4) is 0 Å². The predicted molar refractivity (Wildman–Crippen MR) is 131 cm³/mol.